The highest BCUT2D eigenvalue weighted by molar-refractivity contribution is 5.94. The Labute approximate surface area is 97.2 Å². The van der Waals surface area contributed by atoms with Gasteiger partial charge < -0.3 is 10.6 Å². The van der Waals surface area contributed by atoms with E-state index < -0.39 is 0 Å². The Bertz CT molecular complexity index is 330. The first kappa shape index (κ1) is 12.6. The van der Waals surface area contributed by atoms with Crippen molar-refractivity contribution >= 4 is 11.6 Å². The number of carbonyl (C=O) groups excluding carboxylic acids is 1. The normalized spacial score (nSPS) is 10.2. The zero-order valence-corrected chi connectivity index (χ0v) is 10.2. The van der Waals surface area contributed by atoms with Gasteiger partial charge >= 0.3 is 0 Å². The van der Waals surface area contributed by atoms with Crippen molar-refractivity contribution in [1.29, 1.82) is 0 Å². The maximum atomic E-state index is 11.7. The van der Waals surface area contributed by atoms with E-state index in [2.05, 4.69) is 24.5 Å². The molecule has 0 saturated heterocycles. The maximum Gasteiger partial charge on any atom is 0.251 e. The average molecular weight is 220 g/mol. The van der Waals surface area contributed by atoms with Gasteiger partial charge in [0.1, 0.15) is 0 Å². The van der Waals surface area contributed by atoms with Crippen LogP contribution < -0.4 is 10.6 Å². The van der Waals surface area contributed by atoms with Crippen LogP contribution in [0.15, 0.2) is 24.3 Å². The van der Waals surface area contributed by atoms with E-state index in [1.54, 1.807) is 0 Å². The van der Waals surface area contributed by atoms with Crippen LogP contribution >= 0.6 is 0 Å². The lowest BCUT2D eigenvalue weighted by Crippen LogP contribution is -2.27. The van der Waals surface area contributed by atoms with Crippen LogP contribution in [0, 0.1) is 5.92 Å². The summed E-state index contributed by atoms with van der Waals surface area (Å²) in [6.45, 7) is 7.80. The number of hydrogen-bond donors (Lipinski definition) is 2. The molecule has 0 spiro atoms. The molecule has 0 heterocycles. The van der Waals surface area contributed by atoms with Crippen LogP contribution in [-0.4, -0.2) is 19.0 Å². The van der Waals surface area contributed by atoms with Crippen molar-refractivity contribution in [3.63, 3.8) is 0 Å². The third-order valence-electron chi connectivity index (χ3n) is 2.20. The molecule has 3 heteroatoms. The van der Waals surface area contributed by atoms with Crippen molar-refractivity contribution in [1.82, 2.24) is 5.32 Å². The number of anilines is 1. The van der Waals surface area contributed by atoms with Crippen LogP contribution in [0.2, 0.25) is 0 Å². The summed E-state index contributed by atoms with van der Waals surface area (Å²) in [7, 11) is 0. The van der Waals surface area contributed by atoms with Gasteiger partial charge in [0.15, 0.2) is 0 Å². The number of amides is 1. The lowest BCUT2D eigenvalue weighted by Gasteiger charge is -2.08. The maximum absolute atomic E-state index is 11.7. The first-order valence-corrected chi connectivity index (χ1v) is 5.75. The highest BCUT2D eigenvalue weighted by Crippen LogP contribution is 2.09. The molecule has 88 valence electrons. The second kappa shape index (κ2) is 6.16. The zero-order valence-electron chi connectivity index (χ0n) is 10.2. The minimum absolute atomic E-state index is 0.00301. The first-order chi connectivity index (χ1) is 7.63. The van der Waals surface area contributed by atoms with Crippen molar-refractivity contribution in [3.8, 4) is 0 Å². The van der Waals surface area contributed by atoms with Gasteiger partial charge in [-0.2, -0.15) is 0 Å². The quantitative estimate of drug-likeness (QED) is 0.800. The average Bonchev–Trinajstić information content (AvgIpc) is 2.27. The van der Waals surface area contributed by atoms with E-state index in [1.165, 1.54) is 0 Å². The molecule has 0 aliphatic rings. The van der Waals surface area contributed by atoms with Crippen molar-refractivity contribution in [2.45, 2.75) is 20.8 Å². The van der Waals surface area contributed by atoms with Gasteiger partial charge in [0, 0.05) is 24.3 Å². The van der Waals surface area contributed by atoms with E-state index in [-0.39, 0.29) is 5.91 Å². The molecule has 1 aromatic rings. The van der Waals surface area contributed by atoms with Crippen molar-refractivity contribution in [3.05, 3.63) is 29.8 Å². The third kappa shape index (κ3) is 3.93. The van der Waals surface area contributed by atoms with Gasteiger partial charge in [0.25, 0.3) is 5.91 Å². The molecule has 0 radical (unpaired) electrons. The molecule has 0 saturated carbocycles. The summed E-state index contributed by atoms with van der Waals surface area (Å²) in [5.41, 5.74) is 1.75. The highest BCUT2D eigenvalue weighted by Gasteiger charge is 2.05. The molecule has 0 atom stereocenters. The number of hydrogen-bond acceptors (Lipinski definition) is 2. The molecule has 0 aromatic heterocycles. The van der Waals surface area contributed by atoms with Crippen LogP contribution in [0.5, 0.6) is 0 Å². The molecule has 0 bridgehead atoms. The SMILES string of the molecule is CCNc1ccc(C(=O)NCC(C)C)cc1. The molecule has 1 rings (SSSR count). The molecule has 0 fully saturated rings. The van der Waals surface area contributed by atoms with Gasteiger partial charge in [0.05, 0.1) is 0 Å². The number of rotatable bonds is 5. The van der Waals surface area contributed by atoms with E-state index in [0.29, 0.717) is 18.0 Å². The fourth-order valence-corrected chi connectivity index (χ4v) is 1.34. The summed E-state index contributed by atoms with van der Waals surface area (Å²) in [4.78, 5) is 11.7. The minimum atomic E-state index is -0.00301. The number of carbonyl (C=O) groups is 1. The van der Waals surface area contributed by atoms with Crippen LogP contribution in [0.4, 0.5) is 5.69 Å². The predicted molar refractivity (Wildman–Crippen MR) is 67.8 cm³/mol. The van der Waals surface area contributed by atoms with E-state index in [9.17, 15) is 4.79 Å². The van der Waals surface area contributed by atoms with Crippen molar-refractivity contribution in [2.75, 3.05) is 18.4 Å². The van der Waals surface area contributed by atoms with Gasteiger partial charge in [-0.25, -0.2) is 0 Å². The molecule has 0 unspecified atom stereocenters. The summed E-state index contributed by atoms with van der Waals surface area (Å²) < 4.78 is 0. The molecular formula is C13H20N2O. The second-order valence-corrected chi connectivity index (χ2v) is 4.21. The predicted octanol–water partition coefficient (Wildman–Crippen LogP) is 2.50. The lowest BCUT2D eigenvalue weighted by molar-refractivity contribution is 0.0949. The smallest absolute Gasteiger partial charge is 0.251 e. The molecule has 2 N–H and O–H groups in total. The Morgan fingerprint density at radius 2 is 1.88 bits per heavy atom. The lowest BCUT2D eigenvalue weighted by atomic mass is 10.1. The minimum Gasteiger partial charge on any atom is -0.385 e. The standard InChI is InChI=1S/C13H20N2O/c1-4-14-12-7-5-11(6-8-12)13(16)15-9-10(2)3/h5-8,10,14H,4,9H2,1-3H3,(H,15,16). The van der Waals surface area contributed by atoms with E-state index in [0.717, 1.165) is 12.2 Å². The summed E-state index contributed by atoms with van der Waals surface area (Å²) in [5, 5.41) is 6.08. The van der Waals surface area contributed by atoms with E-state index in [4.69, 9.17) is 0 Å². The van der Waals surface area contributed by atoms with Gasteiger partial charge in [-0.1, -0.05) is 13.8 Å². The van der Waals surface area contributed by atoms with E-state index in [1.807, 2.05) is 31.2 Å². The Hall–Kier alpha value is -1.51. The monoisotopic (exact) mass is 220 g/mol. The van der Waals surface area contributed by atoms with Gasteiger partial charge in [-0.3, -0.25) is 4.79 Å². The van der Waals surface area contributed by atoms with Crippen molar-refractivity contribution < 1.29 is 4.79 Å². The summed E-state index contributed by atoms with van der Waals surface area (Å²) >= 11 is 0. The summed E-state index contributed by atoms with van der Waals surface area (Å²) in [6, 6.07) is 7.53. The second-order valence-electron chi connectivity index (χ2n) is 4.21. The molecule has 16 heavy (non-hydrogen) atoms. The molecule has 0 aliphatic heterocycles. The van der Waals surface area contributed by atoms with Crippen LogP contribution in [-0.2, 0) is 0 Å². The van der Waals surface area contributed by atoms with Gasteiger partial charge in [-0.05, 0) is 37.1 Å². The topological polar surface area (TPSA) is 41.1 Å². The van der Waals surface area contributed by atoms with Crippen molar-refractivity contribution in [2.24, 2.45) is 5.92 Å². The van der Waals surface area contributed by atoms with Gasteiger partial charge in [0.2, 0.25) is 0 Å². The number of benzene rings is 1. The zero-order chi connectivity index (χ0) is 12.0. The molecule has 3 nitrogen and oxygen atoms in total. The largest absolute Gasteiger partial charge is 0.385 e. The summed E-state index contributed by atoms with van der Waals surface area (Å²) in [5.74, 6) is 0.474. The van der Waals surface area contributed by atoms with Crippen LogP contribution in [0.3, 0.4) is 0 Å². The highest BCUT2D eigenvalue weighted by atomic mass is 16.1. The molecular weight excluding hydrogens is 200 g/mol. The molecule has 1 aromatic carbocycles. The first-order valence-electron chi connectivity index (χ1n) is 5.75. The Balaban J connectivity index is 2.56. The molecule has 1 amide bonds. The number of nitrogens with one attached hydrogen (secondary N) is 2. The Morgan fingerprint density at radius 3 is 2.38 bits per heavy atom. The van der Waals surface area contributed by atoms with Crippen LogP contribution in [0.25, 0.3) is 0 Å². The van der Waals surface area contributed by atoms with Crippen LogP contribution in [0.1, 0.15) is 31.1 Å². The molecule has 0 aliphatic carbocycles. The fraction of sp³-hybridized carbons (Fsp3) is 0.462. The fourth-order valence-electron chi connectivity index (χ4n) is 1.34. The van der Waals surface area contributed by atoms with Gasteiger partial charge in [-0.15, -0.1) is 0 Å². The summed E-state index contributed by atoms with van der Waals surface area (Å²) in [6.07, 6.45) is 0. The Kier molecular flexibility index (Phi) is 4.83. The van der Waals surface area contributed by atoms with E-state index >= 15 is 0 Å². The third-order valence-corrected chi connectivity index (χ3v) is 2.20. The Morgan fingerprint density at radius 1 is 1.25 bits per heavy atom.